The summed E-state index contributed by atoms with van der Waals surface area (Å²) in [5.41, 5.74) is 0. The van der Waals surface area contributed by atoms with Gasteiger partial charge >= 0.3 is 0 Å². The molecular formula is C6H11O. The predicted molar refractivity (Wildman–Crippen MR) is 29.6 cm³/mol. The van der Waals surface area contributed by atoms with Crippen LogP contribution < -0.4 is 0 Å². The molecule has 0 atom stereocenters. The van der Waals surface area contributed by atoms with E-state index in [0.717, 1.165) is 12.8 Å². The van der Waals surface area contributed by atoms with Crippen LogP contribution in [0.2, 0.25) is 0 Å². The molecule has 0 saturated heterocycles. The van der Waals surface area contributed by atoms with E-state index in [4.69, 9.17) is 0 Å². The van der Waals surface area contributed by atoms with Crippen LogP contribution in [0, 0.1) is 0 Å². The minimum absolute atomic E-state index is 0.0599. The first kappa shape index (κ1) is 6.70. The topological polar surface area (TPSA) is 19.9 Å². The van der Waals surface area contributed by atoms with Gasteiger partial charge in [-0.1, -0.05) is 12.2 Å². The van der Waals surface area contributed by atoms with Gasteiger partial charge in [0.1, 0.15) is 0 Å². The monoisotopic (exact) mass is 99.1 g/mol. The number of unbranched alkanes of at least 4 members (excludes halogenated alkanes) is 1. The van der Waals surface area contributed by atoms with E-state index in [9.17, 15) is 5.11 Å². The first-order valence-electron chi connectivity index (χ1n) is 2.61. The van der Waals surface area contributed by atoms with Gasteiger partial charge in [0.05, 0.1) is 6.61 Å². The van der Waals surface area contributed by atoms with Crippen molar-refractivity contribution >= 4 is 0 Å². The third-order valence-electron chi connectivity index (χ3n) is 0.751. The van der Waals surface area contributed by atoms with E-state index in [1.165, 1.54) is 0 Å². The van der Waals surface area contributed by atoms with Crippen LogP contribution in [-0.4, -0.2) is 6.61 Å². The zero-order valence-corrected chi connectivity index (χ0v) is 4.68. The fraction of sp³-hybridized carbons (Fsp3) is 0.667. The van der Waals surface area contributed by atoms with Gasteiger partial charge in [-0.3, -0.25) is 0 Å². The summed E-state index contributed by atoms with van der Waals surface area (Å²) in [5, 5.41) is 9.77. The molecule has 0 fully saturated rings. The van der Waals surface area contributed by atoms with Crippen molar-refractivity contribution in [2.75, 3.05) is 6.61 Å². The van der Waals surface area contributed by atoms with Crippen LogP contribution in [0.1, 0.15) is 19.8 Å². The van der Waals surface area contributed by atoms with Gasteiger partial charge in [-0.05, 0) is 19.8 Å². The molecule has 0 bridgehead atoms. The van der Waals surface area contributed by atoms with Crippen molar-refractivity contribution in [3.05, 3.63) is 12.2 Å². The van der Waals surface area contributed by atoms with Crippen LogP contribution in [0.3, 0.4) is 0 Å². The highest BCUT2D eigenvalue weighted by molar-refractivity contribution is 4.75. The second-order valence-electron chi connectivity index (χ2n) is 1.42. The Bertz CT molecular complexity index is 48.1. The summed E-state index contributed by atoms with van der Waals surface area (Å²) >= 11 is 0. The Morgan fingerprint density at radius 1 is 1.57 bits per heavy atom. The molecule has 0 aliphatic heterocycles. The Morgan fingerprint density at radius 3 is 2.71 bits per heavy atom. The van der Waals surface area contributed by atoms with E-state index in [0.29, 0.717) is 0 Å². The predicted octanol–water partition coefficient (Wildman–Crippen LogP) is 1.77. The molecule has 0 aromatic heterocycles. The van der Waals surface area contributed by atoms with Gasteiger partial charge in [-0.25, -0.2) is 5.11 Å². The summed E-state index contributed by atoms with van der Waals surface area (Å²) in [7, 11) is 0. The van der Waals surface area contributed by atoms with E-state index in [1.54, 1.807) is 0 Å². The van der Waals surface area contributed by atoms with Crippen LogP contribution in [0.4, 0.5) is 0 Å². The van der Waals surface area contributed by atoms with Gasteiger partial charge in [0.15, 0.2) is 0 Å². The van der Waals surface area contributed by atoms with Crippen molar-refractivity contribution in [3.63, 3.8) is 0 Å². The normalized spacial score (nSPS) is 10.6. The largest absolute Gasteiger partial charge is 0.237 e. The minimum atomic E-state index is 0.0599. The lowest BCUT2D eigenvalue weighted by Gasteiger charge is -1.81. The maximum absolute atomic E-state index is 9.77. The number of hydrogen-bond acceptors (Lipinski definition) is 0. The summed E-state index contributed by atoms with van der Waals surface area (Å²) < 4.78 is 0. The lowest BCUT2D eigenvalue weighted by Crippen LogP contribution is -1.74. The Labute approximate surface area is 44.7 Å². The SMILES string of the molecule is C/C=C\CCC[O]. The van der Waals surface area contributed by atoms with Crippen LogP contribution in [0.5, 0.6) is 0 Å². The highest BCUT2D eigenvalue weighted by Crippen LogP contribution is 1.87. The maximum atomic E-state index is 9.77. The molecule has 0 aliphatic rings. The lowest BCUT2D eigenvalue weighted by atomic mass is 10.3. The molecule has 0 aromatic rings. The van der Waals surface area contributed by atoms with Gasteiger partial charge in [0.2, 0.25) is 0 Å². The fourth-order valence-electron chi connectivity index (χ4n) is 0.368. The standard InChI is InChI=1S/C6H11O/c1-2-3-4-5-6-7/h2-3H,4-6H2,1H3/b3-2-. The lowest BCUT2D eigenvalue weighted by molar-refractivity contribution is 0.190. The van der Waals surface area contributed by atoms with Gasteiger partial charge in [-0.2, -0.15) is 0 Å². The van der Waals surface area contributed by atoms with E-state index in [-0.39, 0.29) is 6.61 Å². The highest BCUT2D eigenvalue weighted by Gasteiger charge is 1.75. The highest BCUT2D eigenvalue weighted by atomic mass is 16.2. The molecule has 1 nitrogen and oxygen atoms in total. The molecule has 0 aliphatic carbocycles. The fourth-order valence-corrected chi connectivity index (χ4v) is 0.368. The van der Waals surface area contributed by atoms with Crippen LogP contribution in [0.25, 0.3) is 0 Å². The van der Waals surface area contributed by atoms with Gasteiger partial charge < -0.3 is 0 Å². The molecule has 0 rings (SSSR count). The molecule has 0 saturated carbocycles. The smallest absolute Gasteiger partial charge is 0.0825 e. The van der Waals surface area contributed by atoms with Crippen LogP contribution >= 0.6 is 0 Å². The molecule has 1 heteroatoms. The third-order valence-corrected chi connectivity index (χ3v) is 0.751. The Kier molecular flexibility index (Phi) is 5.46. The number of hydrogen-bond donors (Lipinski definition) is 0. The summed E-state index contributed by atoms with van der Waals surface area (Å²) in [4.78, 5) is 0. The average Bonchev–Trinajstić information content (AvgIpc) is 1.69. The maximum Gasteiger partial charge on any atom is 0.0825 e. The van der Waals surface area contributed by atoms with E-state index >= 15 is 0 Å². The van der Waals surface area contributed by atoms with Gasteiger partial charge in [-0.15, -0.1) is 0 Å². The summed E-state index contributed by atoms with van der Waals surface area (Å²) in [6, 6.07) is 0. The summed E-state index contributed by atoms with van der Waals surface area (Å²) in [5.74, 6) is 0. The van der Waals surface area contributed by atoms with E-state index in [2.05, 4.69) is 0 Å². The second kappa shape index (κ2) is 5.70. The number of allylic oxidation sites excluding steroid dienone is 2. The molecule has 0 amide bonds. The summed E-state index contributed by atoms with van der Waals surface area (Å²) in [6.07, 6.45) is 5.71. The first-order chi connectivity index (χ1) is 3.41. The molecule has 0 N–H and O–H groups in total. The second-order valence-corrected chi connectivity index (χ2v) is 1.42. The van der Waals surface area contributed by atoms with Crippen LogP contribution in [-0.2, 0) is 5.11 Å². The quantitative estimate of drug-likeness (QED) is 0.379. The average molecular weight is 99.2 g/mol. The Hall–Kier alpha value is -0.300. The number of rotatable bonds is 3. The Balaban J connectivity index is 2.69. The van der Waals surface area contributed by atoms with Crippen LogP contribution in [0.15, 0.2) is 12.2 Å². The van der Waals surface area contributed by atoms with Crippen molar-refractivity contribution in [1.82, 2.24) is 0 Å². The molecule has 0 unspecified atom stereocenters. The van der Waals surface area contributed by atoms with Gasteiger partial charge in [0.25, 0.3) is 0 Å². The molecule has 7 heavy (non-hydrogen) atoms. The zero-order chi connectivity index (χ0) is 5.54. The van der Waals surface area contributed by atoms with Crippen molar-refractivity contribution in [2.45, 2.75) is 19.8 Å². The van der Waals surface area contributed by atoms with Crippen molar-refractivity contribution < 1.29 is 5.11 Å². The minimum Gasteiger partial charge on any atom is -0.237 e. The molecular weight excluding hydrogens is 88.1 g/mol. The summed E-state index contributed by atoms with van der Waals surface area (Å²) in [6.45, 7) is 2.02. The van der Waals surface area contributed by atoms with Crippen molar-refractivity contribution in [1.29, 1.82) is 0 Å². The first-order valence-corrected chi connectivity index (χ1v) is 2.61. The van der Waals surface area contributed by atoms with E-state index < -0.39 is 0 Å². The molecule has 0 spiro atoms. The van der Waals surface area contributed by atoms with Crippen molar-refractivity contribution in [2.24, 2.45) is 0 Å². The molecule has 1 radical (unpaired) electrons. The molecule has 41 valence electrons. The van der Waals surface area contributed by atoms with Crippen molar-refractivity contribution in [3.8, 4) is 0 Å². The van der Waals surface area contributed by atoms with E-state index in [1.807, 2.05) is 19.1 Å². The Morgan fingerprint density at radius 2 is 2.29 bits per heavy atom. The molecule has 0 aromatic carbocycles. The van der Waals surface area contributed by atoms with Gasteiger partial charge in [0, 0.05) is 0 Å². The third kappa shape index (κ3) is 5.70. The zero-order valence-electron chi connectivity index (χ0n) is 4.68. The molecule has 0 heterocycles.